The molecule has 0 unspecified atom stereocenters. The second kappa shape index (κ2) is 5.64. The van der Waals surface area contributed by atoms with Crippen LogP contribution in [0.3, 0.4) is 0 Å². The maximum Gasteiger partial charge on any atom is 0.101 e. The minimum atomic E-state index is 0.433. The number of halogens is 1. The van der Waals surface area contributed by atoms with E-state index >= 15 is 0 Å². The molecule has 1 aliphatic carbocycles. The summed E-state index contributed by atoms with van der Waals surface area (Å²) in [5.41, 5.74) is 2.03. The number of aromatic nitrogens is 3. The molecule has 1 fully saturated rings. The van der Waals surface area contributed by atoms with Crippen molar-refractivity contribution in [3.8, 4) is 0 Å². The second-order valence-electron chi connectivity index (χ2n) is 4.31. The van der Waals surface area contributed by atoms with Gasteiger partial charge >= 0.3 is 0 Å². The number of ether oxygens (including phenoxy) is 1. The van der Waals surface area contributed by atoms with Gasteiger partial charge in [0.25, 0.3) is 0 Å². The number of hydrogen-bond donors (Lipinski definition) is 0. The molecule has 0 N–H and O–H groups in total. The van der Waals surface area contributed by atoms with Crippen molar-refractivity contribution in [3.63, 3.8) is 0 Å². The number of rotatable bonds is 7. The Morgan fingerprint density at radius 3 is 2.94 bits per heavy atom. The van der Waals surface area contributed by atoms with Crippen LogP contribution in [0, 0.1) is 5.92 Å². The third-order valence-corrected chi connectivity index (χ3v) is 3.29. The molecule has 0 amide bonds. The van der Waals surface area contributed by atoms with Crippen LogP contribution in [0.15, 0.2) is 0 Å². The number of methoxy groups -OCH3 is 1. The monoisotopic (exact) mass is 243 g/mol. The minimum Gasteiger partial charge on any atom is -0.384 e. The van der Waals surface area contributed by atoms with Crippen LogP contribution >= 0.6 is 11.6 Å². The van der Waals surface area contributed by atoms with Crippen LogP contribution in [-0.4, -0.2) is 28.7 Å². The Hall–Kier alpha value is -0.610. The molecular formula is C11H18ClN3O. The second-order valence-corrected chi connectivity index (χ2v) is 4.58. The first-order valence-electron chi connectivity index (χ1n) is 5.81. The van der Waals surface area contributed by atoms with E-state index < -0.39 is 0 Å². The lowest BCUT2D eigenvalue weighted by Gasteiger charge is -2.06. The highest BCUT2D eigenvalue weighted by Gasteiger charge is 2.22. The van der Waals surface area contributed by atoms with E-state index in [1.54, 1.807) is 7.11 Å². The van der Waals surface area contributed by atoms with Gasteiger partial charge < -0.3 is 4.74 Å². The van der Waals surface area contributed by atoms with E-state index in [1.807, 2.05) is 4.68 Å². The van der Waals surface area contributed by atoms with E-state index in [2.05, 4.69) is 10.3 Å². The Morgan fingerprint density at radius 1 is 1.50 bits per heavy atom. The van der Waals surface area contributed by atoms with Gasteiger partial charge in [-0.1, -0.05) is 18.1 Å². The summed E-state index contributed by atoms with van der Waals surface area (Å²) in [5, 5.41) is 8.28. The maximum atomic E-state index is 5.84. The maximum absolute atomic E-state index is 5.84. The van der Waals surface area contributed by atoms with Gasteiger partial charge in [0.1, 0.15) is 5.69 Å². The molecule has 0 bridgehead atoms. The summed E-state index contributed by atoms with van der Waals surface area (Å²) < 4.78 is 7.09. The fraction of sp³-hybridized carbons (Fsp3) is 0.818. The van der Waals surface area contributed by atoms with Gasteiger partial charge in [-0.05, 0) is 12.3 Å². The van der Waals surface area contributed by atoms with E-state index in [1.165, 1.54) is 19.3 Å². The van der Waals surface area contributed by atoms with Crippen molar-refractivity contribution in [2.24, 2.45) is 5.92 Å². The first-order chi connectivity index (χ1) is 7.85. The van der Waals surface area contributed by atoms with Gasteiger partial charge in [0, 0.05) is 20.1 Å². The Kier molecular flexibility index (Phi) is 4.18. The van der Waals surface area contributed by atoms with Crippen LogP contribution in [0.25, 0.3) is 0 Å². The molecule has 0 atom stereocenters. The predicted molar refractivity (Wildman–Crippen MR) is 62.5 cm³/mol. The van der Waals surface area contributed by atoms with E-state index in [4.69, 9.17) is 16.3 Å². The molecular weight excluding hydrogens is 226 g/mol. The summed E-state index contributed by atoms with van der Waals surface area (Å²) in [6, 6.07) is 0. The van der Waals surface area contributed by atoms with Crippen LogP contribution in [0.1, 0.15) is 30.7 Å². The van der Waals surface area contributed by atoms with Gasteiger partial charge in [0.15, 0.2) is 0 Å². The molecule has 4 nitrogen and oxygen atoms in total. The van der Waals surface area contributed by atoms with E-state index in [-0.39, 0.29) is 0 Å². The first kappa shape index (κ1) is 11.9. The quantitative estimate of drug-likeness (QED) is 0.688. The highest BCUT2D eigenvalue weighted by atomic mass is 35.5. The largest absolute Gasteiger partial charge is 0.384 e. The molecule has 0 aromatic carbocycles. The third-order valence-electron chi connectivity index (χ3n) is 3.03. The van der Waals surface area contributed by atoms with Gasteiger partial charge in [0.05, 0.1) is 18.2 Å². The summed E-state index contributed by atoms with van der Waals surface area (Å²) in [6.07, 6.45) is 4.82. The van der Waals surface area contributed by atoms with Gasteiger partial charge in [-0.3, -0.25) is 0 Å². The van der Waals surface area contributed by atoms with E-state index in [0.717, 1.165) is 30.3 Å². The van der Waals surface area contributed by atoms with Crippen molar-refractivity contribution in [1.82, 2.24) is 15.0 Å². The van der Waals surface area contributed by atoms with Crippen molar-refractivity contribution in [2.45, 2.75) is 38.1 Å². The molecule has 1 aromatic heterocycles. The van der Waals surface area contributed by atoms with Gasteiger partial charge in [-0.15, -0.1) is 16.7 Å². The molecule has 0 saturated heterocycles. The molecule has 0 spiro atoms. The average Bonchev–Trinajstić information content (AvgIpc) is 3.05. The number of nitrogens with zero attached hydrogens (tertiary/aromatic N) is 3. The van der Waals surface area contributed by atoms with Crippen LogP contribution < -0.4 is 0 Å². The van der Waals surface area contributed by atoms with E-state index in [9.17, 15) is 0 Å². The van der Waals surface area contributed by atoms with Crippen LogP contribution in [0.4, 0.5) is 0 Å². The summed E-state index contributed by atoms with van der Waals surface area (Å²) >= 11 is 5.84. The fourth-order valence-corrected chi connectivity index (χ4v) is 2.04. The summed E-state index contributed by atoms with van der Waals surface area (Å²) in [5.74, 6) is 1.35. The minimum absolute atomic E-state index is 0.433. The highest BCUT2D eigenvalue weighted by molar-refractivity contribution is 6.16. The molecule has 5 heteroatoms. The molecule has 0 aliphatic heterocycles. The van der Waals surface area contributed by atoms with Crippen molar-refractivity contribution < 1.29 is 4.74 Å². The van der Waals surface area contributed by atoms with Gasteiger partial charge in [-0.25, -0.2) is 4.68 Å². The molecule has 1 aliphatic rings. The fourth-order valence-electron chi connectivity index (χ4n) is 1.84. The topological polar surface area (TPSA) is 39.9 Å². The van der Waals surface area contributed by atoms with Crippen molar-refractivity contribution in [1.29, 1.82) is 0 Å². The summed E-state index contributed by atoms with van der Waals surface area (Å²) in [7, 11) is 1.71. The number of alkyl halides is 1. The van der Waals surface area contributed by atoms with Crippen molar-refractivity contribution >= 4 is 11.6 Å². The van der Waals surface area contributed by atoms with Crippen molar-refractivity contribution in [3.05, 3.63) is 11.4 Å². The smallest absolute Gasteiger partial charge is 0.101 e. The summed E-state index contributed by atoms with van der Waals surface area (Å²) in [4.78, 5) is 0. The Balaban J connectivity index is 1.99. The molecule has 1 saturated carbocycles. The predicted octanol–water partition coefficient (Wildman–Crippen LogP) is 2.01. The Bertz CT molecular complexity index is 336. The third kappa shape index (κ3) is 2.95. The van der Waals surface area contributed by atoms with E-state index in [0.29, 0.717) is 12.5 Å². The number of aryl methyl sites for hydroxylation is 1. The van der Waals surface area contributed by atoms with Crippen LogP contribution in [0.5, 0.6) is 0 Å². The first-order valence-corrected chi connectivity index (χ1v) is 6.34. The van der Waals surface area contributed by atoms with Gasteiger partial charge in [0.2, 0.25) is 0 Å². The zero-order chi connectivity index (χ0) is 11.4. The molecule has 0 radical (unpaired) electrons. The molecule has 1 aromatic rings. The highest BCUT2D eigenvalue weighted by Crippen LogP contribution is 2.32. The SMILES string of the molecule is COCCc1c(CCl)nnn1CCC1CC1. The lowest BCUT2D eigenvalue weighted by atomic mass is 10.2. The zero-order valence-corrected chi connectivity index (χ0v) is 10.4. The normalized spacial score (nSPS) is 15.6. The molecule has 90 valence electrons. The number of hydrogen-bond acceptors (Lipinski definition) is 3. The zero-order valence-electron chi connectivity index (χ0n) is 9.65. The van der Waals surface area contributed by atoms with Crippen LogP contribution in [0.2, 0.25) is 0 Å². The Labute approximate surface area is 101 Å². The standard InChI is InChI=1S/C11H18ClN3O/c1-16-7-5-11-10(8-12)13-14-15(11)6-4-9-2-3-9/h9H,2-8H2,1H3. The lowest BCUT2D eigenvalue weighted by molar-refractivity contribution is 0.200. The van der Waals surface area contributed by atoms with Gasteiger partial charge in [-0.2, -0.15) is 0 Å². The molecule has 16 heavy (non-hydrogen) atoms. The molecule has 1 heterocycles. The summed E-state index contributed by atoms with van der Waals surface area (Å²) in [6.45, 7) is 1.66. The van der Waals surface area contributed by atoms with Crippen molar-refractivity contribution in [2.75, 3.05) is 13.7 Å². The molecule has 2 rings (SSSR count). The van der Waals surface area contributed by atoms with Crippen LogP contribution in [-0.2, 0) is 23.6 Å². The Morgan fingerprint density at radius 2 is 2.31 bits per heavy atom. The lowest BCUT2D eigenvalue weighted by Crippen LogP contribution is -2.09. The average molecular weight is 244 g/mol.